The van der Waals surface area contributed by atoms with Crippen molar-refractivity contribution in [3.05, 3.63) is 65.7 Å². The maximum atomic E-state index is 13.3. The van der Waals surface area contributed by atoms with Gasteiger partial charge in [-0.05, 0) is 38.3 Å². The van der Waals surface area contributed by atoms with Gasteiger partial charge >= 0.3 is 0 Å². The minimum Gasteiger partial charge on any atom is -0.496 e. The fraction of sp³-hybridized carbons (Fsp3) is 0.409. The molecule has 0 saturated heterocycles. The molecule has 132 valence electrons. The number of carbonyl (C=O) groups excluding carboxylic acids is 1. The molecule has 0 atom stereocenters. The molecule has 0 unspecified atom stereocenters. The number of hydrogen-bond donors (Lipinski definition) is 1. The van der Waals surface area contributed by atoms with Crippen molar-refractivity contribution in [2.45, 2.75) is 50.5 Å². The number of benzene rings is 2. The summed E-state index contributed by atoms with van der Waals surface area (Å²) in [5, 5.41) is 3.40. The Hall–Kier alpha value is -2.29. The maximum absolute atomic E-state index is 13.3. The number of methoxy groups -OCH3 is 1. The molecular formula is C22H27NO2. The Kier molecular flexibility index (Phi) is 4.85. The average molecular weight is 337 g/mol. The zero-order valence-corrected chi connectivity index (χ0v) is 15.3. The van der Waals surface area contributed by atoms with Gasteiger partial charge in [-0.2, -0.15) is 0 Å². The fourth-order valence-electron chi connectivity index (χ4n) is 3.88. The smallest absolute Gasteiger partial charge is 0.230 e. The van der Waals surface area contributed by atoms with Crippen molar-refractivity contribution in [2.75, 3.05) is 7.11 Å². The number of ether oxygens (including phenoxy) is 1. The molecule has 1 aliphatic carbocycles. The van der Waals surface area contributed by atoms with Gasteiger partial charge < -0.3 is 10.1 Å². The van der Waals surface area contributed by atoms with Gasteiger partial charge in [-0.3, -0.25) is 4.79 Å². The third-order valence-electron chi connectivity index (χ3n) is 5.48. The van der Waals surface area contributed by atoms with Gasteiger partial charge in [0.2, 0.25) is 5.91 Å². The Bertz CT molecular complexity index is 731. The van der Waals surface area contributed by atoms with Crippen LogP contribution in [-0.4, -0.2) is 13.0 Å². The first-order valence-electron chi connectivity index (χ1n) is 9.01. The lowest BCUT2D eigenvalue weighted by atomic mass is 9.80. The summed E-state index contributed by atoms with van der Waals surface area (Å²) < 4.78 is 5.48. The van der Waals surface area contributed by atoms with E-state index in [4.69, 9.17) is 4.74 Å². The molecule has 1 fully saturated rings. The molecule has 0 aliphatic heterocycles. The predicted molar refractivity (Wildman–Crippen MR) is 101 cm³/mol. The summed E-state index contributed by atoms with van der Waals surface area (Å²) in [6, 6.07) is 18.1. The normalized spacial score (nSPS) is 16.4. The number of amides is 1. The Balaban J connectivity index is 1.91. The second-order valence-electron chi connectivity index (χ2n) is 7.43. The Labute approximate surface area is 150 Å². The highest BCUT2D eigenvalue weighted by molar-refractivity contribution is 5.89. The van der Waals surface area contributed by atoms with Crippen LogP contribution in [0.25, 0.3) is 0 Å². The van der Waals surface area contributed by atoms with Gasteiger partial charge in [-0.1, -0.05) is 61.4 Å². The first-order chi connectivity index (χ1) is 12.0. The van der Waals surface area contributed by atoms with E-state index in [1.165, 1.54) is 5.56 Å². The molecular weight excluding hydrogens is 310 g/mol. The van der Waals surface area contributed by atoms with E-state index in [-0.39, 0.29) is 11.4 Å². The van der Waals surface area contributed by atoms with E-state index in [2.05, 4.69) is 17.4 Å². The molecule has 0 spiro atoms. The van der Waals surface area contributed by atoms with Crippen molar-refractivity contribution >= 4 is 5.91 Å². The van der Waals surface area contributed by atoms with E-state index < -0.39 is 5.41 Å². The lowest BCUT2D eigenvalue weighted by Gasteiger charge is -2.35. The minimum absolute atomic E-state index is 0.0442. The van der Waals surface area contributed by atoms with Gasteiger partial charge in [0.05, 0.1) is 18.1 Å². The van der Waals surface area contributed by atoms with Crippen molar-refractivity contribution in [1.82, 2.24) is 5.32 Å². The van der Waals surface area contributed by atoms with E-state index in [0.717, 1.165) is 37.0 Å². The Morgan fingerprint density at radius 3 is 2.24 bits per heavy atom. The monoisotopic (exact) mass is 337 g/mol. The van der Waals surface area contributed by atoms with Crippen LogP contribution in [0, 0.1) is 0 Å². The maximum Gasteiger partial charge on any atom is 0.230 e. The third kappa shape index (κ3) is 3.28. The van der Waals surface area contributed by atoms with Crippen LogP contribution >= 0.6 is 0 Å². The lowest BCUT2D eigenvalue weighted by Crippen LogP contribution is -2.50. The highest BCUT2D eigenvalue weighted by atomic mass is 16.5. The zero-order valence-electron chi connectivity index (χ0n) is 15.3. The van der Waals surface area contributed by atoms with Crippen LogP contribution in [0.3, 0.4) is 0 Å². The molecule has 0 heterocycles. The Morgan fingerprint density at radius 1 is 1.00 bits per heavy atom. The van der Waals surface area contributed by atoms with Gasteiger partial charge in [-0.25, -0.2) is 0 Å². The molecule has 2 aromatic carbocycles. The first kappa shape index (κ1) is 17.5. The summed E-state index contributed by atoms with van der Waals surface area (Å²) in [4.78, 5) is 13.3. The molecule has 1 saturated carbocycles. The van der Waals surface area contributed by atoms with Gasteiger partial charge in [0.1, 0.15) is 5.75 Å². The van der Waals surface area contributed by atoms with Crippen LogP contribution in [0.15, 0.2) is 54.6 Å². The van der Waals surface area contributed by atoms with Crippen molar-refractivity contribution in [2.24, 2.45) is 0 Å². The number of hydrogen-bond acceptors (Lipinski definition) is 2. The molecule has 3 rings (SSSR count). The largest absolute Gasteiger partial charge is 0.496 e. The lowest BCUT2D eigenvalue weighted by molar-refractivity contribution is -0.127. The SMILES string of the molecule is COc1ccccc1C(C)(C)C(=O)NC1(c2ccccc2)CCCC1. The standard InChI is InChI=1S/C22H27NO2/c1-21(2,18-13-7-8-14-19(18)25-3)20(24)23-22(15-9-10-16-22)17-11-5-4-6-12-17/h4-8,11-14H,9-10,15-16H2,1-3H3,(H,23,24). The number of nitrogens with one attached hydrogen (secondary N) is 1. The highest BCUT2D eigenvalue weighted by Crippen LogP contribution is 2.40. The second-order valence-corrected chi connectivity index (χ2v) is 7.43. The number of rotatable bonds is 5. The molecule has 3 heteroatoms. The van der Waals surface area contributed by atoms with Crippen LogP contribution in [0.5, 0.6) is 5.75 Å². The summed E-state index contributed by atoms with van der Waals surface area (Å²) in [6.07, 6.45) is 4.27. The molecule has 1 aliphatic rings. The summed E-state index contributed by atoms with van der Waals surface area (Å²) >= 11 is 0. The van der Waals surface area contributed by atoms with Crippen LogP contribution in [0.1, 0.15) is 50.7 Å². The molecule has 3 nitrogen and oxygen atoms in total. The quantitative estimate of drug-likeness (QED) is 0.868. The third-order valence-corrected chi connectivity index (χ3v) is 5.48. The summed E-state index contributed by atoms with van der Waals surface area (Å²) in [5.74, 6) is 0.797. The highest BCUT2D eigenvalue weighted by Gasteiger charge is 2.41. The summed E-state index contributed by atoms with van der Waals surface area (Å²) in [5.41, 5.74) is 1.20. The molecule has 1 amide bonds. The average Bonchev–Trinajstić information content (AvgIpc) is 3.12. The molecule has 2 aromatic rings. The van der Waals surface area contributed by atoms with E-state index in [1.54, 1.807) is 7.11 Å². The molecule has 25 heavy (non-hydrogen) atoms. The van der Waals surface area contributed by atoms with Gasteiger partial charge in [-0.15, -0.1) is 0 Å². The van der Waals surface area contributed by atoms with Crippen LogP contribution in [0.4, 0.5) is 0 Å². The van der Waals surface area contributed by atoms with Crippen LogP contribution in [0.2, 0.25) is 0 Å². The van der Waals surface area contributed by atoms with E-state index >= 15 is 0 Å². The summed E-state index contributed by atoms with van der Waals surface area (Å²) in [6.45, 7) is 3.93. The fourth-order valence-corrected chi connectivity index (χ4v) is 3.88. The van der Waals surface area contributed by atoms with Crippen molar-refractivity contribution in [1.29, 1.82) is 0 Å². The van der Waals surface area contributed by atoms with Gasteiger partial charge in [0.25, 0.3) is 0 Å². The van der Waals surface area contributed by atoms with E-state index in [0.29, 0.717) is 0 Å². The van der Waals surface area contributed by atoms with E-state index in [1.807, 2.05) is 56.3 Å². The van der Waals surface area contributed by atoms with Crippen LogP contribution < -0.4 is 10.1 Å². The minimum atomic E-state index is -0.670. The van der Waals surface area contributed by atoms with Crippen molar-refractivity contribution in [3.8, 4) is 5.75 Å². The van der Waals surface area contributed by atoms with Crippen LogP contribution in [-0.2, 0) is 15.7 Å². The van der Waals surface area contributed by atoms with Crippen molar-refractivity contribution in [3.63, 3.8) is 0 Å². The number of para-hydroxylation sites is 1. The van der Waals surface area contributed by atoms with E-state index in [9.17, 15) is 4.79 Å². The molecule has 1 N–H and O–H groups in total. The molecule has 0 radical (unpaired) electrons. The molecule has 0 bridgehead atoms. The summed E-state index contributed by atoms with van der Waals surface area (Å²) in [7, 11) is 1.65. The number of carbonyl (C=O) groups is 1. The van der Waals surface area contributed by atoms with Gasteiger partial charge in [0, 0.05) is 5.56 Å². The zero-order chi connectivity index (χ0) is 17.9. The predicted octanol–water partition coefficient (Wildman–Crippen LogP) is 4.56. The topological polar surface area (TPSA) is 38.3 Å². The van der Waals surface area contributed by atoms with Gasteiger partial charge in [0.15, 0.2) is 0 Å². The second kappa shape index (κ2) is 6.91. The Morgan fingerprint density at radius 2 is 1.60 bits per heavy atom. The molecule has 0 aromatic heterocycles. The first-order valence-corrected chi connectivity index (χ1v) is 9.01. The van der Waals surface area contributed by atoms with Crippen molar-refractivity contribution < 1.29 is 9.53 Å².